The molecule has 2 aliphatic rings. The first kappa shape index (κ1) is 21.9. The second-order valence-electron chi connectivity index (χ2n) is 8.52. The number of nitrogens with one attached hydrogen (secondary N) is 2. The minimum absolute atomic E-state index is 0.193. The van der Waals surface area contributed by atoms with Crippen LogP contribution in [0.5, 0.6) is 0 Å². The zero-order valence-electron chi connectivity index (χ0n) is 18.9. The highest BCUT2D eigenvalue weighted by Gasteiger charge is 2.24. The van der Waals surface area contributed by atoms with Crippen molar-refractivity contribution in [3.63, 3.8) is 0 Å². The Morgan fingerprint density at radius 3 is 2.74 bits per heavy atom. The van der Waals surface area contributed by atoms with E-state index in [1.54, 1.807) is 6.26 Å². The van der Waals surface area contributed by atoms with Crippen LogP contribution in [0.3, 0.4) is 0 Å². The van der Waals surface area contributed by atoms with Crippen LogP contribution in [0.15, 0.2) is 27.8 Å². The molecule has 0 spiro atoms. The van der Waals surface area contributed by atoms with Gasteiger partial charge in [0.2, 0.25) is 0 Å². The number of aromatic nitrogens is 3. The fraction of sp³-hybridized carbons (Fsp3) is 0.696. The summed E-state index contributed by atoms with van der Waals surface area (Å²) in [6, 6.07) is 4.24. The van der Waals surface area contributed by atoms with Crippen molar-refractivity contribution in [3.05, 3.63) is 35.8 Å². The Bertz CT molecular complexity index is 808. The van der Waals surface area contributed by atoms with E-state index in [0.717, 1.165) is 68.9 Å². The summed E-state index contributed by atoms with van der Waals surface area (Å²) in [5, 5.41) is 15.7. The van der Waals surface area contributed by atoms with Gasteiger partial charge in [-0.1, -0.05) is 12.8 Å². The molecule has 2 N–H and O–H groups in total. The molecular formula is C23H37N7O. The SMILES string of the molecule is CCNC(=NCC(c1ccco1)N1CCCCC1)NCCc1nnc2n1CCCCC2. The predicted octanol–water partition coefficient (Wildman–Crippen LogP) is 2.92. The summed E-state index contributed by atoms with van der Waals surface area (Å²) in [5.41, 5.74) is 0. The van der Waals surface area contributed by atoms with Gasteiger partial charge in [-0.3, -0.25) is 9.89 Å². The molecule has 0 aliphatic carbocycles. The third-order valence-electron chi connectivity index (χ3n) is 6.30. The third-order valence-corrected chi connectivity index (χ3v) is 6.30. The van der Waals surface area contributed by atoms with Crippen LogP contribution < -0.4 is 10.6 Å². The average molecular weight is 428 g/mol. The highest BCUT2D eigenvalue weighted by molar-refractivity contribution is 5.79. The molecule has 4 rings (SSSR count). The Balaban J connectivity index is 1.36. The molecule has 2 aliphatic heterocycles. The monoisotopic (exact) mass is 427 g/mol. The summed E-state index contributed by atoms with van der Waals surface area (Å²) in [6.07, 6.45) is 11.2. The molecule has 4 heterocycles. The van der Waals surface area contributed by atoms with Gasteiger partial charge in [0.25, 0.3) is 0 Å². The molecule has 2 aromatic heterocycles. The normalized spacial score (nSPS) is 18.9. The number of nitrogens with zero attached hydrogens (tertiary/aromatic N) is 5. The molecule has 0 aromatic carbocycles. The lowest BCUT2D eigenvalue weighted by Crippen LogP contribution is -2.40. The lowest BCUT2D eigenvalue weighted by Gasteiger charge is -2.32. The van der Waals surface area contributed by atoms with E-state index < -0.39 is 0 Å². The number of furan rings is 1. The van der Waals surface area contributed by atoms with Crippen LogP contribution in [0.1, 0.15) is 68.9 Å². The Labute approximate surface area is 185 Å². The Morgan fingerprint density at radius 2 is 1.94 bits per heavy atom. The van der Waals surface area contributed by atoms with Crippen molar-refractivity contribution in [1.82, 2.24) is 30.3 Å². The number of rotatable bonds is 8. The van der Waals surface area contributed by atoms with Crippen LogP contribution in [0.4, 0.5) is 0 Å². The van der Waals surface area contributed by atoms with Gasteiger partial charge >= 0.3 is 0 Å². The van der Waals surface area contributed by atoms with E-state index in [1.165, 1.54) is 38.5 Å². The van der Waals surface area contributed by atoms with Crippen molar-refractivity contribution >= 4 is 5.96 Å². The van der Waals surface area contributed by atoms with Gasteiger partial charge in [-0.25, -0.2) is 0 Å². The summed E-state index contributed by atoms with van der Waals surface area (Å²) < 4.78 is 8.09. The summed E-state index contributed by atoms with van der Waals surface area (Å²) in [7, 11) is 0. The number of aryl methyl sites for hydroxylation is 1. The first-order chi connectivity index (χ1) is 15.3. The highest BCUT2D eigenvalue weighted by Crippen LogP contribution is 2.25. The number of hydrogen-bond donors (Lipinski definition) is 2. The van der Waals surface area contributed by atoms with Gasteiger partial charge < -0.3 is 19.6 Å². The van der Waals surface area contributed by atoms with Crippen molar-refractivity contribution in [2.75, 3.05) is 32.7 Å². The number of fused-ring (bicyclic) bond motifs is 1. The summed E-state index contributed by atoms with van der Waals surface area (Å²) in [4.78, 5) is 7.43. The van der Waals surface area contributed by atoms with E-state index in [1.807, 2.05) is 6.07 Å². The molecule has 8 nitrogen and oxygen atoms in total. The van der Waals surface area contributed by atoms with Crippen molar-refractivity contribution in [1.29, 1.82) is 0 Å². The van der Waals surface area contributed by atoms with Crippen molar-refractivity contribution in [2.24, 2.45) is 4.99 Å². The second kappa shape index (κ2) is 11.3. The van der Waals surface area contributed by atoms with Crippen molar-refractivity contribution in [3.8, 4) is 0 Å². The summed E-state index contributed by atoms with van der Waals surface area (Å²) >= 11 is 0. The molecular weight excluding hydrogens is 390 g/mol. The fourth-order valence-corrected chi connectivity index (χ4v) is 4.64. The van der Waals surface area contributed by atoms with Crippen molar-refractivity contribution in [2.45, 2.75) is 70.9 Å². The van der Waals surface area contributed by atoms with Crippen LogP contribution in [-0.4, -0.2) is 58.3 Å². The molecule has 1 saturated heterocycles. The molecule has 8 heteroatoms. The first-order valence-corrected chi connectivity index (χ1v) is 12.1. The zero-order chi connectivity index (χ0) is 21.3. The maximum Gasteiger partial charge on any atom is 0.191 e. The molecule has 1 fully saturated rings. The van der Waals surface area contributed by atoms with Gasteiger partial charge in [0.15, 0.2) is 5.96 Å². The number of guanidine groups is 1. The molecule has 0 bridgehead atoms. The van der Waals surface area contributed by atoms with Crippen LogP contribution in [0.25, 0.3) is 0 Å². The van der Waals surface area contributed by atoms with Gasteiger partial charge in [0.05, 0.1) is 18.8 Å². The Morgan fingerprint density at radius 1 is 1.10 bits per heavy atom. The summed E-state index contributed by atoms with van der Waals surface area (Å²) in [6.45, 7) is 7.69. The zero-order valence-corrected chi connectivity index (χ0v) is 18.9. The Kier molecular flexibility index (Phi) is 7.98. The molecule has 1 unspecified atom stereocenters. The minimum atomic E-state index is 0.193. The smallest absolute Gasteiger partial charge is 0.191 e. The Hall–Kier alpha value is -2.35. The largest absolute Gasteiger partial charge is 0.468 e. The highest BCUT2D eigenvalue weighted by atomic mass is 16.3. The summed E-state index contributed by atoms with van der Waals surface area (Å²) in [5.74, 6) is 4.09. The van der Waals surface area contributed by atoms with E-state index >= 15 is 0 Å². The maximum atomic E-state index is 5.76. The van der Waals surface area contributed by atoms with E-state index in [2.05, 4.69) is 43.3 Å². The predicted molar refractivity (Wildman–Crippen MR) is 122 cm³/mol. The number of piperidine rings is 1. The van der Waals surface area contributed by atoms with Gasteiger partial charge in [-0.15, -0.1) is 10.2 Å². The first-order valence-electron chi connectivity index (χ1n) is 12.1. The minimum Gasteiger partial charge on any atom is -0.468 e. The molecule has 1 atom stereocenters. The van der Waals surface area contributed by atoms with Crippen LogP contribution >= 0.6 is 0 Å². The lowest BCUT2D eigenvalue weighted by atomic mass is 10.1. The van der Waals surface area contributed by atoms with E-state index in [9.17, 15) is 0 Å². The van der Waals surface area contributed by atoms with E-state index in [-0.39, 0.29) is 6.04 Å². The van der Waals surface area contributed by atoms with Crippen LogP contribution in [-0.2, 0) is 19.4 Å². The van der Waals surface area contributed by atoms with E-state index in [0.29, 0.717) is 6.54 Å². The standard InChI is InChI=1S/C23H37N7O/c1-2-24-23(25-13-12-22-28-27-21-11-5-3-8-16-30(21)22)26-18-19(20-10-9-17-31-20)29-14-6-4-7-15-29/h9-10,17,19H,2-8,11-16,18H2,1H3,(H2,24,25,26). The van der Waals surface area contributed by atoms with Crippen LogP contribution in [0, 0.1) is 0 Å². The molecule has 31 heavy (non-hydrogen) atoms. The quantitative estimate of drug-likeness (QED) is 0.498. The fourth-order valence-electron chi connectivity index (χ4n) is 4.64. The average Bonchev–Trinajstić information content (AvgIpc) is 3.40. The third kappa shape index (κ3) is 5.87. The second-order valence-corrected chi connectivity index (χ2v) is 8.52. The van der Waals surface area contributed by atoms with Crippen LogP contribution in [0.2, 0.25) is 0 Å². The number of hydrogen-bond acceptors (Lipinski definition) is 5. The van der Waals surface area contributed by atoms with Gasteiger partial charge in [0, 0.05) is 32.5 Å². The lowest BCUT2D eigenvalue weighted by molar-refractivity contribution is 0.150. The maximum absolute atomic E-state index is 5.76. The van der Waals surface area contributed by atoms with Crippen molar-refractivity contribution < 1.29 is 4.42 Å². The topological polar surface area (TPSA) is 83.5 Å². The van der Waals surface area contributed by atoms with Gasteiger partial charge in [0.1, 0.15) is 17.4 Å². The number of likely N-dealkylation sites (tertiary alicyclic amines) is 1. The van der Waals surface area contributed by atoms with Gasteiger partial charge in [-0.05, 0) is 57.8 Å². The van der Waals surface area contributed by atoms with Gasteiger partial charge in [-0.2, -0.15) is 0 Å². The molecule has 0 radical (unpaired) electrons. The molecule has 0 saturated carbocycles. The molecule has 0 amide bonds. The number of aliphatic imine (C=N–C) groups is 1. The molecule has 170 valence electrons. The van der Waals surface area contributed by atoms with E-state index in [4.69, 9.17) is 9.41 Å². The molecule has 2 aromatic rings.